The number of aromatic nitrogens is 2. The van der Waals surface area contributed by atoms with Gasteiger partial charge >= 0.3 is 6.03 Å². The van der Waals surface area contributed by atoms with Gasteiger partial charge in [-0.3, -0.25) is 15.0 Å². The van der Waals surface area contributed by atoms with E-state index in [1.165, 1.54) is 11.1 Å². The van der Waals surface area contributed by atoms with Crippen LogP contribution in [-0.4, -0.2) is 28.0 Å². The van der Waals surface area contributed by atoms with Crippen molar-refractivity contribution in [3.05, 3.63) is 35.5 Å². The number of amides is 3. The Bertz CT molecular complexity index is 842. The molecule has 1 fully saturated rings. The molecule has 2 heterocycles. The second-order valence-electron chi connectivity index (χ2n) is 6.27. The number of anilines is 1. The number of fused-ring (bicyclic) bond motifs is 1. The van der Waals surface area contributed by atoms with Crippen molar-refractivity contribution in [3.8, 4) is 11.4 Å². The van der Waals surface area contributed by atoms with Crippen LogP contribution >= 0.6 is 0 Å². The fraction of sp³-hybridized carbons (Fsp3) is 0.353. The minimum atomic E-state index is -0.402. The molecule has 1 atom stereocenters. The van der Waals surface area contributed by atoms with Crippen molar-refractivity contribution < 1.29 is 9.59 Å². The molecule has 0 bridgehead atoms. The van der Waals surface area contributed by atoms with E-state index in [-0.39, 0.29) is 11.9 Å². The second kappa shape index (κ2) is 5.45. The van der Waals surface area contributed by atoms with E-state index < -0.39 is 6.03 Å². The molecule has 0 radical (unpaired) electrons. The third-order valence-corrected chi connectivity index (χ3v) is 4.85. The molecule has 1 aliphatic carbocycles. The van der Waals surface area contributed by atoms with Gasteiger partial charge in [0, 0.05) is 31.6 Å². The van der Waals surface area contributed by atoms with Crippen molar-refractivity contribution in [2.75, 3.05) is 11.4 Å². The fourth-order valence-electron chi connectivity index (χ4n) is 3.58. The third-order valence-electron chi connectivity index (χ3n) is 4.85. The molecule has 7 nitrogen and oxygen atoms in total. The number of nitrogens with zero attached hydrogens (tertiary/aromatic N) is 3. The normalized spacial score (nSPS) is 20.2. The summed E-state index contributed by atoms with van der Waals surface area (Å²) < 4.78 is 1.90. The average Bonchev–Trinajstić information content (AvgIpc) is 3.12. The number of imide groups is 1. The van der Waals surface area contributed by atoms with Gasteiger partial charge in [0.15, 0.2) is 0 Å². The molecule has 0 spiro atoms. The number of hydrogen-bond donors (Lipinski definition) is 2. The highest BCUT2D eigenvalue weighted by Gasteiger charge is 2.28. The summed E-state index contributed by atoms with van der Waals surface area (Å²) in [5.74, 6) is 1.24. The Morgan fingerprint density at radius 1 is 1.29 bits per heavy atom. The monoisotopic (exact) mass is 325 g/mol. The molecular formula is C17H19N5O2. The summed E-state index contributed by atoms with van der Waals surface area (Å²) in [6, 6.07) is 5.80. The summed E-state index contributed by atoms with van der Waals surface area (Å²) in [5, 5.41) is 2.34. The van der Waals surface area contributed by atoms with Crippen molar-refractivity contribution >= 4 is 17.8 Å². The maximum absolute atomic E-state index is 12.1. The Morgan fingerprint density at radius 2 is 2.12 bits per heavy atom. The Balaban J connectivity index is 1.74. The van der Waals surface area contributed by atoms with Crippen molar-refractivity contribution in [2.24, 2.45) is 12.8 Å². The standard InChI is InChI=1S/C17H19N5O2/c1-21-15(22-8-7-14(23)20-17(22)24)9-19-16(21)12-4-2-3-11-10(12)5-6-13(11)18/h2-4,9,13H,5-8,18H2,1H3,(H,20,23,24). The van der Waals surface area contributed by atoms with Crippen LogP contribution in [0.25, 0.3) is 11.4 Å². The van der Waals surface area contributed by atoms with E-state index in [0.29, 0.717) is 18.8 Å². The Hall–Kier alpha value is -2.67. The number of carbonyl (C=O) groups is 2. The van der Waals surface area contributed by atoms with Crippen LogP contribution in [0.4, 0.5) is 10.6 Å². The molecule has 3 N–H and O–H groups in total. The zero-order chi connectivity index (χ0) is 16.8. The van der Waals surface area contributed by atoms with E-state index >= 15 is 0 Å². The summed E-state index contributed by atoms with van der Waals surface area (Å²) in [5.41, 5.74) is 9.64. The van der Waals surface area contributed by atoms with Crippen LogP contribution in [0.2, 0.25) is 0 Å². The van der Waals surface area contributed by atoms with Crippen molar-refractivity contribution in [3.63, 3.8) is 0 Å². The van der Waals surface area contributed by atoms with Gasteiger partial charge in [0.1, 0.15) is 11.6 Å². The van der Waals surface area contributed by atoms with E-state index in [1.807, 2.05) is 23.7 Å². The summed E-state index contributed by atoms with van der Waals surface area (Å²) in [4.78, 5) is 29.5. The maximum Gasteiger partial charge on any atom is 0.329 e. The van der Waals surface area contributed by atoms with E-state index in [0.717, 1.165) is 24.2 Å². The number of urea groups is 1. The van der Waals surface area contributed by atoms with Gasteiger partial charge in [-0.1, -0.05) is 18.2 Å². The zero-order valence-corrected chi connectivity index (χ0v) is 13.5. The molecule has 124 valence electrons. The Morgan fingerprint density at radius 3 is 2.92 bits per heavy atom. The average molecular weight is 325 g/mol. The number of carbonyl (C=O) groups excluding carboxylic acids is 2. The zero-order valence-electron chi connectivity index (χ0n) is 13.5. The lowest BCUT2D eigenvalue weighted by Gasteiger charge is -2.26. The van der Waals surface area contributed by atoms with Crippen LogP contribution < -0.4 is 16.0 Å². The number of imidazole rings is 1. The number of nitrogens with one attached hydrogen (secondary N) is 1. The van der Waals surface area contributed by atoms with Gasteiger partial charge in [-0.15, -0.1) is 0 Å². The van der Waals surface area contributed by atoms with Gasteiger partial charge in [0.25, 0.3) is 0 Å². The first-order valence-electron chi connectivity index (χ1n) is 8.07. The van der Waals surface area contributed by atoms with E-state index in [1.54, 1.807) is 11.1 Å². The highest BCUT2D eigenvalue weighted by molar-refractivity contribution is 6.05. The summed E-state index contributed by atoms with van der Waals surface area (Å²) in [6.07, 6.45) is 3.86. The summed E-state index contributed by atoms with van der Waals surface area (Å²) >= 11 is 0. The smallest absolute Gasteiger partial charge is 0.324 e. The molecule has 7 heteroatoms. The van der Waals surface area contributed by atoms with Gasteiger partial charge in [0.2, 0.25) is 5.91 Å². The molecule has 1 unspecified atom stereocenters. The van der Waals surface area contributed by atoms with Crippen molar-refractivity contribution in [2.45, 2.75) is 25.3 Å². The van der Waals surface area contributed by atoms with Gasteiger partial charge in [0.05, 0.1) is 6.20 Å². The molecule has 4 rings (SSSR count). The van der Waals surface area contributed by atoms with Crippen LogP contribution in [-0.2, 0) is 18.3 Å². The van der Waals surface area contributed by atoms with Crippen LogP contribution in [0.15, 0.2) is 24.4 Å². The summed E-state index contributed by atoms with van der Waals surface area (Å²) in [6.45, 7) is 0.363. The van der Waals surface area contributed by atoms with Gasteiger partial charge in [-0.25, -0.2) is 9.78 Å². The quantitative estimate of drug-likeness (QED) is 0.874. The first-order valence-corrected chi connectivity index (χ1v) is 8.07. The molecule has 24 heavy (non-hydrogen) atoms. The highest BCUT2D eigenvalue weighted by Crippen LogP contribution is 2.36. The van der Waals surface area contributed by atoms with Crippen molar-refractivity contribution in [1.29, 1.82) is 0 Å². The lowest BCUT2D eigenvalue weighted by molar-refractivity contribution is -0.120. The minimum Gasteiger partial charge on any atom is -0.324 e. The first-order chi connectivity index (χ1) is 11.6. The Labute approximate surface area is 139 Å². The van der Waals surface area contributed by atoms with Gasteiger partial charge < -0.3 is 10.3 Å². The number of rotatable bonds is 2. The molecule has 0 saturated carbocycles. The molecule has 1 aliphatic heterocycles. The second-order valence-corrected chi connectivity index (χ2v) is 6.27. The van der Waals surface area contributed by atoms with E-state index in [4.69, 9.17) is 5.73 Å². The van der Waals surface area contributed by atoms with E-state index in [9.17, 15) is 9.59 Å². The highest BCUT2D eigenvalue weighted by atomic mass is 16.2. The number of nitrogens with two attached hydrogens (primary N) is 1. The fourth-order valence-corrected chi connectivity index (χ4v) is 3.58. The predicted molar refractivity (Wildman–Crippen MR) is 89.4 cm³/mol. The Kier molecular flexibility index (Phi) is 3.38. The van der Waals surface area contributed by atoms with Gasteiger partial charge in [-0.2, -0.15) is 0 Å². The molecule has 3 amide bonds. The third kappa shape index (κ3) is 2.20. The predicted octanol–water partition coefficient (Wildman–Crippen LogP) is 1.48. The number of hydrogen-bond acceptors (Lipinski definition) is 4. The van der Waals surface area contributed by atoms with Crippen LogP contribution in [0.5, 0.6) is 0 Å². The van der Waals surface area contributed by atoms with Gasteiger partial charge in [-0.05, 0) is 24.0 Å². The SMILES string of the molecule is Cn1c(N2CCC(=O)NC2=O)cnc1-c1cccc2c1CCC2N. The molecule has 1 aromatic carbocycles. The molecular weight excluding hydrogens is 306 g/mol. The molecule has 2 aliphatic rings. The lowest BCUT2D eigenvalue weighted by Crippen LogP contribution is -2.50. The minimum absolute atomic E-state index is 0.0820. The van der Waals surface area contributed by atoms with E-state index in [2.05, 4.69) is 16.4 Å². The van der Waals surface area contributed by atoms with Crippen molar-refractivity contribution in [1.82, 2.24) is 14.9 Å². The molecule has 1 saturated heterocycles. The largest absolute Gasteiger partial charge is 0.329 e. The molecule has 1 aromatic heterocycles. The van der Waals surface area contributed by atoms with Crippen LogP contribution in [0.1, 0.15) is 30.0 Å². The lowest BCUT2D eigenvalue weighted by atomic mass is 10.0. The summed E-state index contributed by atoms with van der Waals surface area (Å²) in [7, 11) is 1.88. The topological polar surface area (TPSA) is 93.2 Å². The maximum atomic E-state index is 12.1. The van der Waals surface area contributed by atoms with Crippen LogP contribution in [0, 0.1) is 0 Å². The first kappa shape index (κ1) is 14.9. The number of benzene rings is 1. The van der Waals surface area contributed by atoms with Crippen LogP contribution in [0.3, 0.4) is 0 Å². The molecule has 2 aromatic rings.